The molecule has 1 saturated heterocycles. The molecule has 27 heavy (non-hydrogen) atoms. The first-order valence-corrected chi connectivity index (χ1v) is 9.82. The summed E-state index contributed by atoms with van der Waals surface area (Å²) in [6, 6.07) is 15.1. The van der Waals surface area contributed by atoms with Crippen LogP contribution in [-0.4, -0.2) is 29.8 Å². The summed E-state index contributed by atoms with van der Waals surface area (Å²) < 4.78 is 0. The summed E-state index contributed by atoms with van der Waals surface area (Å²) in [7, 11) is 0. The van der Waals surface area contributed by atoms with Crippen molar-refractivity contribution >= 4 is 35.0 Å². The number of likely N-dealkylation sites (tertiary alicyclic amines) is 1. The number of hydrogen-bond donors (Lipinski definition) is 1. The first-order valence-electron chi connectivity index (χ1n) is 9.06. The summed E-state index contributed by atoms with van der Waals surface area (Å²) in [5.41, 5.74) is 2.02. The molecule has 1 aliphatic rings. The van der Waals surface area contributed by atoms with Gasteiger partial charge in [0.05, 0.1) is 5.92 Å². The molecule has 0 radical (unpaired) electrons. The second kappa shape index (κ2) is 9.25. The first kappa shape index (κ1) is 19.7. The molecule has 0 unspecified atom stereocenters. The Kier molecular flexibility index (Phi) is 6.75. The van der Waals surface area contributed by atoms with Crippen LogP contribution < -0.4 is 5.32 Å². The number of nitrogens with zero attached hydrogens (tertiary/aromatic N) is 1. The van der Waals surface area contributed by atoms with Crippen LogP contribution in [0.5, 0.6) is 0 Å². The Labute approximate surface area is 169 Å². The third-order valence-electron chi connectivity index (χ3n) is 4.81. The van der Waals surface area contributed by atoms with Crippen LogP contribution in [0.2, 0.25) is 10.0 Å². The molecule has 1 atom stereocenters. The van der Waals surface area contributed by atoms with Crippen molar-refractivity contribution in [1.82, 2.24) is 10.2 Å². The van der Waals surface area contributed by atoms with Gasteiger partial charge in [0.2, 0.25) is 11.8 Å². The van der Waals surface area contributed by atoms with Gasteiger partial charge >= 0.3 is 0 Å². The third kappa shape index (κ3) is 5.47. The zero-order chi connectivity index (χ0) is 19.2. The van der Waals surface area contributed by atoms with Gasteiger partial charge in [-0.3, -0.25) is 9.59 Å². The van der Waals surface area contributed by atoms with Crippen molar-refractivity contribution in [2.45, 2.75) is 25.8 Å². The smallest absolute Gasteiger partial charge is 0.224 e. The van der Waals surface area contributed by atoms with Gasteiger partial charge in [0.1, 0.15) is 0 Å². The van der Waals surface area contributed by atoms with E-state index in [0.717, 1.165) is 11.1 Å². The average Bonchev–Trinajstić information content (AvgIpc) is 2.66. The van der Waals surface area contributed by atoms with Crippen LogP contribution in [0.1, 0.15) is 24.0 Å². The number of carbonyl (C=O) groups is 2. The molecule has 6 heteroatoms. The van der Waals surface area contributed by atoms with Crippen molar-refractivity contribution in [3.63, 3.8) is 0 Å². The summed E-state index contributed by atoms with van der Waals surface area (Å²) in [6.45, 7) is 1.48. The van der Waals surface area contributed by atoms with Crippen molar-refractivity contribution in [2.24, 2.45) is 5.92 Å². The highest BCUT2D eigenvalue weighted by atomic mass is 35.5. The molecule has 142 valence electrons. The summed E-state index contributed by atoms with van der Waals surface area (Å²) in [6.07, 6.45) is 1.68. The maximum atomic E-state index is 12.5. The molecule has 0 bridgehead atoms. The maximum Gasteiger partial charge on any atom is 0.224 e. The second-order valence-electron chi connectivity index (χ2n) is 6.77. The van der Waals surface area contributed by atoms with Gasteiger partial charge in [0, 0.05) is 36.1 Å². The van der Waals surface area contributed by atoms with E-state index >= 15 is 0 Å². The van der Waals surface area contributed by atoms with Crippen LogP contribution in [-0.2, 0) is 22.6 Å². The monoisotopic (exact) mass is 404 g/mol. The van der Waals surface area contributed by atoms with Crippen LogP contribution in [0, 0.1) is 5.92 Å². The van der Waals surface area contributed by atoms with Crippen LogP contribution in [0.3, 0.4) is 0 Å². The van der Waals surface area contributed by atoms with Gasteiger partial charge in [-0.25, -0.2) is 0 Å². The molecule has 2 amide bonds. The Morgan fingerprint density at radius 1 is 1.11 bits per heavy atom. The number of rotatable bonds is 6. The lowest BCUT2D eigenvalue weighted by Gasteiger charge is -2.32. The second-order valence-corrected chi connectivity index (χ2v) is 7.61. The summed E-state index contributed by atoms with van der Waals surface area (Å²) in [5.74, 6) is -0.0954. The van der Waals surface area contributed by atoms with Gasteiger partial charge in [-0.15, -0.1) is 0 Å². The van der Waals surface area contributed by atoms with Gasteiger partial charge in [0.25, 0.3) is 0 Å². The molecule has 0 aliphatic carbocycles. The molecule has 2 aromatic carbocycles. The largest absolute Gasteiger partial charge is 0.355 e. The Morgan fingerprint density at radius 3 is 2.59 bits per heavy atom. The highest BCUT2D eigenvalue weighted by molar-refractivity contribution is 6.31. The van der Waals surface area contributed by atoms with Crippen molar-refractivity contribution in [3.8, 4) is 0 Å². The quantitative estimate of drug-likeness (QED) is 0.787. The highest BCUT2D eigenvalue weighted by Gasteiger charge is 2.30. The molecule has 2 aromatic rings. The number of carbonyl (C=O) groups excluding carboxylic acids is 2. The van der Waals surface area contributed by atoms with E-state index in [1.54, 1.807) is 4.90 Å². The summed E-state index contributed by atoms with van der Waals surface area (Å²) >= 11 is 12.1. The SMILES string of the molecule is O=C(NCCc1ccccc1Cl)[C@@H]1CCC(=O)N(Cc2ccc(Cl)cc2)C1. The van der Waals surface area contributed by atoms with Crippen LogP contribution >= 0.6 is 23.2 Å². The van der Waals surface area contributed by atoms with Gasteiger partial charge in [0.15, 0.2) is 0 Å². The lowest BCUT2D eigenvalue weighted by molar-refractivity contribution is -0.138. The van der Waals surface area contributed by atoms with E-state index in [1.807, 2.05) is 48.5 Å². The van der Waals surface area contributed by atoms with Crippen LogP contribution in [0.15, 0.2) is 48.5 Å². The molecular weight excluding hydrogens is 383 g/mol. The van der Waals surface area contributed by atoms with Crippen molar-refractivity contribution in [3.05, 3.63) is 69.7 Å². The standard InChI is InChI=1S/C21H22Cl2N2O2/c22-18-8-5-15(6-9-18)13-25-14-17(7-10-20(25)26)21(27)24-12-11-16-3-1-2-4-19(16)23/h1-6,8-9,17H,7,10-14H2,(H,24,27)/t17-/m1/s1. The molecule has 3 rings (SSSR count). The molecule has 0 spiro atoms. The molecular formula is C21H22Cl2N2O2. The van der Waals surface area contributed by atoms with E-state index in [-0.39, 0.29) is 17.7 Å². The van der Waals surface area contributed by atoms with Gasteiger partial charge in [-0.1, -0.05) is 53.5 Å². The fraction of sp³-hybridized carbons (Fsp3) is 0.333. The minimum absolute atomic E-state index is 0.00402. The average molecular weight is 405 g/mol. The van der Waals surface area contributed by atoms with E-state index < -0.39 is 0 Å². The summed E-state index contributed by atoms with van der Waals surface area (Å²) in [4.78, 5) is 26.5. The molecule has 1 N–H and O–H groups in total. The van der Waals surface area contributed by atoms with E-state index in [9.17, 15) is 9.59 Å². The van der Waals surface area contributed by atoms with Crippen molar-refractivity contribution < 1.29 is 9.59 Å². The number of hydrogen-bond acceptors (Lipinski definition) is 2. The number of piperidine rings is 1. The van der Waals surface area contributed by atoms with Crippen molar-refractivity contribution in [2.75, 3.05) is 13.1 Å². The first-order chi connectivity index (χ1) is 13.0. The number of benzene rings is 2. The van der Waals surface area contributed by atoms with Crippen LogP contribution in [0.4, 0.5) is 0 Å². The molecule has 1 aliphatic heterocycles. The fourth-order valence-corrected chi connectivity index (χ4v) is 3.61. The zero-order valence-corrected chi connectivity index (χ0v) is 16.5. The van der Waals surface area contributed by atoms with Crippen molar-refractivity contribution in [1.29, 1.82) is 0 Å². The number of halogens is 2. The minimum Gasteiger partial charge on any atom is -0.355 e. The molecule has 1 heterocycles. The third-order valence-corrected chi connectivity index (χ3v) is 5.43. The normalized spacial score (nSPS) is 17.0. The molecule has 1 fully saturated rings. The van der Waals surface area contributed by atoms with E-state index in [4.69, 9.17) is 23.2 Å². The van der Waals surface area contributed by atoms with E-state index in [1.165, 1.54) is 0 Å². The van der Waals surface area contributed by atoms with Gasteiger partial charge in [-0.05, 0) is 42.2 Å². The van der Waals surface area contributed by atoms with Crippen LogP contribution in [0.25, 0.3) is 0 Å². The Morgan fingerprint density at radius 2 is 1.85 bits per heavy atom. The zero-order valence-electron chi connectivity index (χ0n) is 15.0. The number of amides is 2. The maximum absolute atomic E-state index is 12.5. The molecule has 0 saturated carbocycles. The molecule has 0 aromatic heterocycles. The topological polar surface area (TPSA) is 49.4 Å². The Balaban J connectivity index is 1.52. The highest BCUT2D eigenvalue weighted by Crippen LogP contribution is 2.21. The minimum atomic E-state index is -0.179. The lowest BCUT2D eigenvalue weighted by atomic mass is 9.96. The summed E-state index contributed by atoms with van der Waals surface area (Å²) in [5, 5.41) is 4.36. The Bertz CT molecular complexity index is 808. The number of nitrogens with one attached hydrogen (secondary N) is 1. The van der Waals surface area contributed by atoms with Gasteiger partial charge in [-0.2, -0.15) is 0 Å². The van der Waals surface area contributed by atoms with E-state index in [2.05, 4.69) is 5.32 Å². The lowest BCUT2D eigenvalue weighted by Crippen LogP contribution is -2.45. The Hall–Kier alpha value is -2.04. The van der Waals surface area contributed by atoms with Gasteiger partial charge < -0.3 is 10.2 Å². The van der Waals surface area contributed by atoms with E-state index in [0.29, 0.717) is 48.9 Å². The fourth-order valence-electron chi connectivity index (χ4n) is 3.26. The predicted octanol–water partition coefficient (Wildman–Crippen LogP) is 4.09. The molecule has 4 nitrogen and oxygen atoms in total. The predicted molar refractivity (Wildman–Crippen MR) is 108 cm³/mol.